The monoisotopic (exact) mass is 173 g/mol. The second-order valence-electron chi connectivity index (χ2n) is 3.38. The maximum Gasteiger partial charge on any atom is 0.404 e. The number of carboxylic acid groups (broad SMARTS) is 1. The first-order valence-corrected chi connectivity index (χ1v) is 4.23. The molecular weight excluding hydrogens is 158 g/mol. The molecule has 4 nitrogen and oxygen atoms in total. The third-order valence-electron chi connectivity index (χ3n) is 2.03. The second-order valence-corrected chi connectivity index (χ2v) is 3.38. The number of amides is 1. The maximum atomic E-state index is 10.3. The highest BCUT2D eigenvalue weighted by molar-refractivity contribution is 5.64. The van der Waals surface area contributed by atoms with E-state index in [1.54, 1.807) is 0 Å². The van der Waals surface area contributed by atoms with Crippen molar-refractivity contribution < 1.29 is 14.6 Å². The molecule has 2 N–H and O–H groups in total. The lowest BCUT2D eigenvalue weighted by Gasteiger charge is -2.31. The minimum absolute atomic E-state index is 0.0567. The average molecular weight is 173 g/mol. The topological polar surface area (TPSA) is 58.6 Å². The summed E-state index contributed by atoms with van der Waals surface area (Å²) in [6, 6.07) is 0.0567. The highest BCUT2D eigenvalue weighted by Gasteiger charge is 2.25. The third kappa shape index (κ3) is 2.70. The van der Waals surface area contributed by atoms with Gasteiger partial charge in [0.05, 0.1) is 12.2 Å². The Kier molecular flexibility index (Phi) is 2.92. The van der Waals surface area contributed by atoms with Crippen LogP contribution in [0.2, 0.25) is 0 Å². The van der Waals surface area contributed by atoms with Gasteiger partial charge >= 0.3 is 6.09 Å². The summed E-state index contributed by atoms with van der Waals surface area (Å²) in [5, 5.41) is 11.0. The van der Waals surface area contributed by atoms with E-state index in [4.69, 9.17) is 9.84 Å². The average Bonchev–Trinajstić information content (AvgIpc) is 1.81. The van der Waals surface area contributed by atoms with E-state index in [1.165, 1.54) is 0 Å². The minimum Gasteiger partial charge on any atom is -0.465 e. The van der Waals surface area contributed by atoms with Gasteiger partial charge in [0, 0.05) is 6.04 Å². The second kappa shape index (κ2) is 3.76. The normalized spacial score (nSPS) is 36.0. The molecule has 0 saturated carbocycles. The molecule has 70 valence electrons. The van der Waals surface area contributed by atoms with Crippen LogP contribution in [0.3, 0.4) is 0 Å². The summed E-state index contributed by atoms with van der Waals surface area (Å²) in [5.41, 5.74) is 0. The minimum atomic E-state index is -0.943. The molecule has 0 radical (unpaired) electrons. The summed E-state index contributed by atoms with van der Waals surface area (Å²) in [6.45, 7) is 3.93. The fraction of sp³-hybridized carbons (Fsp3) is 0.875. The van der Waals surface area contributed by atoms with E-state index in [9.17, 15) is 4.79 Å². The Morgan fingerprint density at radius 2 is 1.92 bits per heavy atom. The van der Waals surface area contributed by atoms with Crippen LogP contribution in [0.5, 0.6) is 0 Å². The SMILES string of the molecule is CC1CC(NC(=O)O)C[C@H](C)O1. The fourth-order valence-corrected chi connectivity index (χ4v) is 1.70. The molecule has 1 heterocycles. The molecule has 0 bridgehead atoms. The molecule has 4 heteroatoms. The van der Waals surface area contributed by atoms with E-state index in [0.29, 0.717) is 0 Å². The van der Waals surface area contributed by atoms with Crippen LogP contribution in [0.1, 0.15) is 26.7 Å². The zero-order chi connectivity index (χ0) is 9.14. The van der Waals surface area contributed by atoms with Crippen molar-refractivity contribution in [2.45, 2.75) is 44.9 Å². The lowest BCUT2D eigenvalue weighted by Crippen LogP contribution is -2.43. The summed E-state index contributed by atoms with van der Waals surface area (Å²) in [6.07, 6.45) is 0.922. The van der Waals surface area contributed by atoms with E-state index in [0.717, 1.165) is 12.8 Å². The molecule has 0 aliphatic carbocycles. The van der Waals surface area contributed by atoms with Gasteiger partial charge in [0.15, 0.2) is 0 Å². The molecule has 0 spiro atoms. The zero-order valence-corrected chi connectivity index (χ0v) is 7.41. The molecule has 12 heavy (non-hydrogen) atoms. The largest absolute Gasteiger partial charge is 0.465 e. The number of nitrogens with one attached hydrogen (secondary N) is 1. The number of hydrogen-bond acceptors (Lipinski definition) is 2. The number of carbonyl (C=O) groups is 1. The predicted molar refractivity (Wildman–Crippen MR) is 44.2 cm³/mol. The van der Waals surface area contributed by atoms with Crippen molar-refractivity contribution >= 4 is 6.09 Å². The van der Waals surface area contributed by atoms with Gasteiger partial charge in [-0.25, -0.2) is 4.79 Å². The first-order chi connectivity index (χ1) is 5.58. The van der Waals surface area contributed by atoms with Crippen LogP contribution in [0, 0.1) is 0 Å². The Balaban J connectivity index is 2.38. The molecular formula is C8H15NO3. The van der Waals surface area contributed by atoms with E-state index < -0.39 is 6.09 Å². The first kappa shape index (κ1) is 9.32. The summed E-state index contributed by atoms with van der Waals surface area (Å²) in [4.78, 5) is 10.3. The van der Waals surface area contributed by atoms with E-state index in [-0.39, 0.29) is 18.2 Å². The first-order valence-electron chi connectivity index (χ1n) is 4.23. The molecule has 1 saturated heterocycles. The molecule has 1 amide bonds. The standard InChI is InChI=1S/C8H15NO3/c1-5-3-7(9-8(10)11)4-6(2)12-5/h5-7,9H,3-4H2,1-2H3,(H,10,11)/t5-,6?,7?/m0/s1. The number of hydrogen-bond donors (Lipinski definition) is 2. The van der Waals surface area contributed by atoms with Crippen LogP contribution in [0.15, 0.2) is 0 Å². The highest BCUT2D eigenvalue weighted by Crippen LogP contribution is 2.18. The fourth-order valence-electron chi connectivity index (χ4n) is 1.70. The quantitative estimate of drug-likeness (QED) is 0.626. The van der Waals surface area contributed by atoms with Gasteiger partial charge in [0.2, 0.25) is 0 Å². The van der Waals surface area contributed by atoms with Crippen LogP contribution in [0.25, 0.3) is 0 Å². The summed E-state index contributed by atoms with van der Waals surface area (Å²) < 4.78 is 5.47. The van der Waals surface area contributed by atoms with Crippen molar-refractivity contribution in [1.82, 2.24) is 5.32 Å². The maximum absolute atomic E-state index is 10.3. The Bertz CT molecular complexity index is 162. The lowest BCUT2D eigenvalue weighted by atomic mass is 10.0. The molecule has 2 unspecified atom stereocenters. The number of rotatable bonds is 1. The summed E-state index contributed by atoms with van der Waals surface area (Å²) >= 11 is 0. The Morgan fingerprint density at radius 1 is 1.42 bits per heavy atom. The van der Waals surface area contributed by atoms with Crippen molar-refractivity contribution in [1.29, 1.82) is 0 Å². The van der Waals surface area contributed by atoms with E-state index >= 15 is 0 Å². The molecule has 1 aliphatic rings. The molecule has 1 fully saturated rings. The van der Waals surface area contributed by atoms with Crippen LogP contribution in [-0.4, -0.2) is 29.4 Å². The van der Waals surface area contributed by atoms with Crippen molar-refractivity contribution in [3.63, 3.8) is 0 Å². The molecule has 0 aromatic heterocycles. The van der Waals surface area contributed by atoms with Gasteiger partial charge in [-0.3, -0.25) is 0 Å². The van der Waals surface area contributed by atoms with Gasteiger partial charge in [-0.05, 0) is 26.7 Å². The van der Waals surface area contributed by atoms with Gasteiger partial charge in [0.25, 0.3) is 0 Å². The van der Waals surface area contributed by atoms with Crippen LogP contribution in [0.4, 0.5) is 4.79 Å². The Morgan fingerprint density at radius 3 is 2.33 bits per heavy atom. The third-order valence-corrected chi connectivity index (χ3v) is 2.03. The molecule has 0 aromatic carbocycles. The van der Waals surface area contributed by atoms with E-state index in [2.05, 4.69) is 5.32 Å². The predicted octanol–water partition coefficient (Wildman–Crippen LogP) is 1.21. The van der Waals surface area contributed by atoms with Crippen molar-refractivity contribution in [3.05, 3.63) is 0 Å². The van der Waals surface area contributed by atoms with Gasteiger partial charge < -0.3 is 15.2 Å². The molecule has 1 rings (SSSR count). The van der Waals surface area contributed by atoms with Crippen molar-refractivity contribution in [2.75, 3.05) is 0 Å². The smallest absolute Gasteiger partial charge is 0.404 e. The van der Waals surface area contributed by atoms with Gasteiger partial charge in [-0.15, -0.1) is 0 Å². The highest BCUT2D eigenvalue weighted by atomic mass is 16.5. The van der Waals surface area contributed by atoms with Crippen LogP contribution < -0.4 is 5.32 Å². The van der Waals surface area contributed by atoms with Gasteiger partial charge in [-0.2, -0.15) is 0 Å². The molecule has 0 aromatic rings. The van der Waals surface area contributed by atoms with Crippen LogP contribution in [-0.2, 0) is 4.74 Å². The lowest BCUT2D eigenvalue weighted by molar-refractivity contribution is -0.0409. The number of ether oxygens (including phenoxy) is 1. The summed E-state index contributed by atoms with van der Waals surface area (Å²) in [7, 11) is 0. The van der Waals surface area contributed by atoms with E-state index in [1.807, 2.05) is 13.8 Å². The summed E-state index contributed by atoms with van der Waals surface area (Å²) in [5.74, 6) is 0. The molecule has 3 atom stereocenters. The van der Waals surface area contributed by atoms with Gasteiger partial charge in [0.1, 0.15) is 0 Å². The van der Waals surface area contributed by atoms with Crippen molar-refractivity contribution in [3.8, 4) is 0 Å². The molecule has 1 aliphatic heterocycles. The van der Waals surface area contributed by atoms with Gasteiger partial charge in [-0.1, -0.05) is 0 Å². The van der Waals surface area contributed by atoms with Crippen molar-refractivity contribution in [2.24, 2.45) is 0 Å². The zero-order valence-electron chi connectivity index (χ0n) is 7.41. The Hall–Kier alpha value is -0.770. The Labute approximate surface area is 71.9 Å². The van der Waals surface area contributed by atoms with Crippen LogP contribution >= 0.6 is 0 Å².